The quantitative estimate of drug-likeness (QED) is 0.578. The lowest BCUT2D eigenvalue weighted by Gasteiger charge is -2.11. The van der Waals surface area contributed by atoms with Gasteiger partial charge in [-0.2, -0.15) is 18.2 Å². The summed E-state index contributed by atoms with van der Waals surface area (Å²) in [7, 11) is 0. The summed E-state index contributed by atoms with van der Waals surface area (Å²) in [6.07, 6.45) is -3.97. The SMILES string of the molecule is Cc1nc(CCNc2cc(C(F)(F)F)nc(NN)n2)cs1. The number of rotatable bonds is 5. The fraction of sp³-hybridized carbons (Fsp3) is 0.364. The first-order chi connectivity index (χ1) is 9.88. The molecule has 0 atom stereocenters. The molecule has 6 nitrogen and oxygen atoms in total. The molecule has 0 radical (unpaired) electrons. The number of halogens is 3. The predicted molar refractivity (Wildman–Crippen MR) is 73.9 cm³/mol. The Morgan fingerprint density at radius 1 is 1.29 bits per heavy atom. The summed E-state index contributed by atoms with van der Waals surface area (Å²) >= 11 is 1.52. The third kappa shape index (κ3) is 4.26. The lowest BCUT2D eigenvalue weighted by Crippen LogP contribution is -2.17. The van der Waals surface area contributed by atoms with Crippen LogP contribution in [0.4, 0.5) is 24.9 Å². The Hall–Kier alpha value is -1.94. The van der Waals surface area contributed by atoms with Crippen LogP contribution in [0.1, 0.15) is 16.4 Å². The van der Waals surface area contributed by atoms with Crippen LogP contribution in [0.15, 0.2) is 11.4 Å². The smallest absolute Gasteiger partial charge is 0.370 e. The van der Waals surface area contributed by atoms with Crippen molar-refractivity contribution in [3.8, 4) is 0 Å². The van der Waals surface area contributed by atoms with E-state index in [4.69, 9.17) is 5.84 Å². The molecule has 2 aromatic rings. The molecule has 0 bridgehead atoms. The van der Waals surface area contributed by atoms with E-state index in [1.807, 2.05) is 17.7 Å². The van der Waals surface area contributed by atoms with Crippen molar-refractivity contribution in [1.82, 2.24) is 15.0 Å². The second-order valence-corrected chi connectivity index (χ2v) is 5.20. The van der Waals surface area contributed by atoms with Crippen molar-refractivity contribution in [1.29, 1.82) is 0 Å². The molecule has 0 saturated heterocycles. The first-order valence-corrected chi connectivity index (χ1v) is 6.84. The highest BCUT2D eigenvalue weighted by Crippen LogP contribution is 2.29. The molecule has 0 saturated carbocycles. The average molecular weight is 318 g/mol. The Morgan fingerprint density at radius 2 is 2.05 bits per heavy atom. The van der Waals surface area contributed by atoms with Crippen molar-refractivity contribution in [2.24, 2.45) is 5.84 Å². The molecule has 0 fully saturated rings. The molecular weight excluding hydrogens is 305 g/mol. The number of nitrogens with two attached hydrogens (primary N) is 1. The number of hydrogen-bond acceptors (Lipinski definition) is 7. The largest absolute Gasteiger partial charge is 0.433 e. The van der Waals surface area contributed by atoms with Crippen LogP contribution in [0, 0.1) is 6.92 Å². The van der Waals surface area contributed by atoms with Crippen molar-refractivity contribution in [3.63, 3.8) is 0 Å². The molecule has 21 heavy (non-hydrogen) atoms. The van der Waals surface area contributed by atoms with Crippen LogP contribution in [-0.4, -0.2) is 21.5 Å². The molecular formula is C11H13F3N6S. The number of hydrazine groups is 1. The van der Waals surface area contributed by atoms with Gasteiger partial charge in [0.25, 0.3) is 0 Å². The summed E-state index contributed by atoms with van der Waals surface area (Å²) in [6.45, 7) is 2.29. The third-order valence-electron chi connectivity index (χ3n) is 2.50. The van der Waals surface area contributed by atoms with Crippen LogP contribution in [0.3, 0.4) is 0 Å². The van der Waals surface area contributed by atoms with Crippen molar-refractivity contribution in [2.75, 3.05) is 17.3 Å². The number of anilines is 2. The van der Waals surface area contributed by atoms with Gasteiger partial charge in [0.15, 0.2) is 5.69 Å². The number of hydrogen-bond donors (Lipinski definition) is 3. The van der Waals surface area contributed by atoms with E-state index in [0.717, 1.165) is 16.8 Å². The van der Waals surface area contributed by atoms with Crippen LogP contribution < -0.4 is 16.6 Å². The maximum atomic E-state index is 12.7. The fourth-order valence-electron chi connectivity index (χ4n) is 1.59. The summed E-state index contributed by atoms with van der Waals surface area (Å²) in [5, 5.41) is 5.66. The molecule has 0 unspecified atom stereocenters. The van der Waals surface area contributed by atoms with E-state index in [9.17, 15) is 13.2 Å². The van der Waals surface area contributed by atoms with Gasteiger partial charge in [0.2, 0.25) is 5.95 Å². The number of nitrogens with one attached hydrogen (secondary N) is 2. The number of alkyl halides is 3. The third-order valence-corrected chi connectivity index (χ3v) is 3.32. The highest BCUT2D eigenvalue weighted by Gasteiger charge is 2.33. The van der Waals surface area contributed by atoms with Crippen LogP contribution in [0.5, 0.6) is 0 Å². The van der Waals surface area contributed by atoms with Gasteiger partial charge in [0.05, 0.1) is 10.7 Å². The van der Waals surface area contributed by atoms with Gasteiger partial charge in [0, 0.05) is 24.4 Å². The van der Waals surface area contributed by atoms with E-state index in [1.54, 1.807) is 0 Å². The van der Waals surface area contributed by atoms with Gasteiger partial charge in [-0.3, -0.25) is 5.43 Å². The van der Waals surface area contributed by atoms with Crippen LogP contribution in [-0.2, 0) is 12.6 Å². The molecule has 0 spiro atoms. The molecule has 0 amide bonds. The Kier molecular flexibility index (Phi) is 4.58. The van der Waals surface area contributed by atoms with Gasteiger partial charge in [-0.05, 0) is 6.92 Å². The Balaban J connectivity index is 2.05. The van der Waals surface area contributed by atoms with Gasteiger partial charge < -0.3 is 5.32 Å². The Bertz CT molecular complexity index is 612. The van der Waals surface area contributed by atoms with Crippen LogP contribution in [0.2, 0.25) is 0 Å². The predicted octanol–water partition coefficient (Wildman–Crippen LogP) is 2.20. The zero-order chi connectivity index (χ0) is 15.5. The lowest BCUT2D eigenvalue weighted by molar-refractivity contribution is -0.141. The van der Waals surface area contributed by atoms with Crippen molar-refractivity contribution >= 4 is 23.1 Å². The van der Waals surface area contributed by atoms with E-state index >= 15 is 0 Å². The second-order valence-electron chi connectivity index (χ2n) is 4.14. The molecule has 0 aliphatic rings. The van der Waals surface area contributed by atoms with Gasteiger partial charge in [-0.15, -0.1) is 11.3 Å². The highest BCUT2D eigenvalue weighted by molar-refractivity contribution is 7.09. The Morgan fingerprint density at radius 3 is 2.62 bits per heavy atom. The van der Waals surface area contributed by atoms with Gasteiger partial charge in [-0.1, -0.05) is 0 Å². The number of nitrogens with zero attached hydrogens (tertiary/aromatic N) is 3. The van der Waals surface area contributed by atoms with Crippen molar-refractivity contribution in [2.45, 2.75) is 19.5 Å². The maximum Gasteiger partial charge on any atom is 0.433 e. The van der Waals surface area contributed by atoms with E-state index in [-0.39, 0.29) is 11.8 Å². The first kappa shape index (κ1) is 15.4. The number of nitrogen functional groups attached to an aromatic ring is 1. The Labute approximate surface area is 122 Å². The minimum Gasteiger partial charge on any atom is -0.370 e. The van der Waals surface area contributed by atoms with Gasteiger partial charge >= 0.3 is 6.18 Å². The molecule has 0 aliphatic heterocycles. The summed E-state index contributed by atoms with van der Waals surface area (Å²) < 4.78 is 38.0. The molecule has 4 N–H and O–H groups in total. The van der Waals surface area contributed by atoms with Crippen molar-refractivity contribution < 1.29 is 13.2 Å². The molecule has 114 valence electrons. The first-order valence-electron chi connectivity index (χ1n) is 5.96. The van der Waals surface area contributed by atoms with Gasteiger partial charge in [0.1, 0.15) is 5.82 Å². The monoisotopic (exact) mass is 318 g/mol. The second kappa shape index (κ2) is 6.22. The van der Waals surface area contributed by atoms with Crippen molar-refractivity contribution in [3.05, 3.63) is 27.8 Å². The zero-order valence-corrected chi connectivity index (χ0v) is 11.8. The standard InChI is InChI=1S/C11H13F3N6S/c1-6-17-7(5-21-6)2-3-16-9-4-8(11(12,13)14)18-10(19-9)20-15/h4-5H,2-3,15H2,1H3,(H2,16,18,19,20). The molecule has 2 rings (SSSR count). The van der Waals surface area contributed by atoms with Crippen LogP contribution >= 0.6 is 11.3 Å². The molecule has 2 heterocycles. The van der Waals surface area contributed by atoms with E-state index in [1.165, 1.54) is 11.3 Å². The number of aryl methyl sites for hydroxylation is 1. The number of thiazole rings is 1. The summed E-state index contributed by atoms with van der Waals surface area (Å²) in [5.41, 5.74) is 1.84. The summed E-state index contributed by atoms with van der Waals surface area (Å²) in [4.78, 5) is 11.4. The lowest BCUT2D eigenvalue weighted by atomic mass is 10.3. The normalized spacial score (nSPS) is 11.5. The topological polar surface area (TPSA) is 88.8 Å². The zero-order valence-electron chi connectivity index (χ0n) is 11.0. The van der Waals surface area contributed by atoms with E-state index in [0.29, 0.717) is 13.0 Å². The maximum absolute atomic E-state index is 12.7. The minimum absolute atomic E-state index is 0.0530. The van der Waals surface area contributed by atoms with E-state index < -0.39 is 11.9 Å². The summed E-state index contributed by atoms with van der Waals surface area (Å²) in [5.74, 6) is 4.83. The molecule has 2 aromatic heterocycles. The number of aromatic nitrogens is 3. The minimum atomic E-state index is -4.56. The average Bonchev–Trinajstić information content (AvgIpc) is 2.83. The van der Waals surface area contributed by atoms with Crippen LogP contribution in [0.25, 0.3) is 0 Å². The fourth-order valence-corrected chi connectivity index (χ4v) is 2.24. The molecule has 0 aliphatic carbocycles. The van der Waals surface area contributed by atoms with Gasteiger partial charge in [-0.25, -0.2) is 15.8 Å². The summed E-state index contributed by atoms with van der Waals surface area (Å²) in [6, 6.07) is 0.840. The molecule has 10 heteroatoms. The molecule has 0 aromatic carbocycles. The highest BCUT2D eigenvalue weighted by atomic mass is 32.1. The van der Waals surface area contributed by atoms with E-state index in [2.05, 4.69) is 20.3 Å².